The minimum atomic E-state index is 0.167. The van der Waals surface area contributed by atoms with Gasteiger partial charge in [-0.05, 0) is 25.7 Å². The highest BCUT2D eigenvalue weighted by molar-refractivity contribution is 7.99. The molecule has 2 N–H and O–H groups in total. The van der Waals surface area contributed by atoms with Crippen LogP contribution in [0.5, 0.6) is 0 Å². The number of aromatic nitrogens is 2. The molecule has 1 aromatic heterocycles. The number of nitrogens with zero attached hydrogens (tertiary/aromatic N) is 3. The predicted molar refractivity (Wildman–Crippen MR) is 76.9 cm³/mol. The number of nitrogen functional groups attached to an aromatic ring is 1. The first-order valence-corrected chi connectivity index (χ1v) is 7.55. The predicted octanol–water partition coefficient (Wildman–Crippen LogP) is 1.72. The monoisotopic (exact) mass is 280 g/mol. The molecule has 6 heteroatoms. The first kappa shape index (κ1) is 14.1. The van der Waals surface area contributed by atoms with Crippen LogP contribution in [0.25, 0.3) is 0 Å². The Hall–Kier alpha value is -1.30. The number of rotatable bonds is 3. The second-order valence-corrected chi connectivity index (χ2v) is 6.04. The summed E-state index contributed by atoms with van der Waals surface area (Å²) in [6.45, 7) is 5.81. The molecule has 0 saturated carbocycles. The summed E-state index contributed by atoms with van der Waals surface area (Å²) in [7, 11) is 0. The number of hydrogen-bond acceptors (Lipinski definition) is 5. The molecule has 2 rings (SSSR count). The normalized spacial score (nSPS) is 19.5. The number of hydrogen-bond donors (Lipinski definition) is 1. The van der Waals surface area contributed by atoms with Gasteiger partial charge in [0.05, 0.1) is 5.75 Å². The second kappa shape index (κ2) is 6.23. The number of nitrogens with two attached hydrogens (primary N) is 1. The molecular weight excluding hydrogens is 260 g/mol. The smallest absolute Gasteiger partial charge is 0.233 e. The van der Waals surface area contributed by atoms with Crippen molar-refractivity contribution < 1.29 is 4.79 Å². The van der Waals surface area contributed by atoms with E-state index in [0.717, 1.165) is 25.2 Å². The van der Waals surface area contributed by atoms with Gasteiger partial charge in [0.15, 0.2) is 5.16 Å². The third kappa shape index (κ3) is 4.09. The molecule has 0 spiro atoms. The van der Waals surface area contributed by atoms with Crippen molar-refractivity contribution in [3.8, 4) is 0 Å². The van der Waals surface area contributed by atoms with E-state index in [1.165, 1.54) is 18.2 Å². The Labute approximate surface area is 118 Å². The molecule has 1 aliphatic rings. The largest absolute Gasteiger partial charge is 0.384 e. The molecule has 0 bridgehead atoms. The van der Waals surface area contributed by atoms with Gasteiger partial charge in [0.25, 0.3) is 0 Å². The van der Waals surface area contributed by atoms with Crippen LogP contribution in [0.15, 0.2) is 11.2 Å². The van der Waals surface area contributed by atoms with Crippen LogP contribution in [0, 0.1) is 12.8 Å². The van der Waals surface area contributed by atoms with Crippen molar-refractivity contribution in [3.05, 3.63) is 11.8 Å². The molecule has 19 heavy (non-hydrogen) atoms. The fourth-order valence-corrected chi connectivity index (χ4v) is 3.08. The van der Waals surface area contributed by atoms with Gasteiger partial charge in [0.1, 0.15) is 5.82 Å². The van der Waals surface area contributed by atoms with Gasteiger partial charge < -0.3 is 10.6 Å². The maximum Gasteiger partial charge on any atom is 0.233 e. The Morgan fingerprint density at radius 3 is 3.05 bits per heavy atom. The van der Waals surface area contributed by atoms with E-state index in [4.69, 9.17) is 5.73 Å². The fraction of sp³-hybridized carbons (Fsp3) is 0.615. The lowest BCUT2D eigenvalue weighted by Gasteiger charge is -2.30. The molecule has 104 valence electrons. The number of piperidine rings is 1. The number of thioether (sulfide) groups is 1. The molecule has 0 radical (unpaired) electrons. The number of anilines is 1. The third-order valence-corrected chi connectivity index (χ3v) is 4.02. The summed E-state index contributed by atoms with van der Waals surface area (Å²) in [5.41, 5.74) is 6.49. The van der Waals surface area contributed by atoms with Gasteiger partial charge in [0, 0.05) is 24.8 Å². The van der Waals surface area contributed by atoms with E-state index >= 15 is 0 Å². The van der Waals surface area contributed by atoms with Crippen molar-refractivity contribution in [2.45, 2.75) is 31.8 Å². The Morgan fingerprint density at radius 1 is 1.58 bits per heavy atom. The van der Waals surface area contributed by atoms with Crippen LogP contribution in [0.1, 0.15) is 25.5 Å². The first-order chi connectivity index (χ1) is 9.04. The van der Waals surface area contributed by atoms with Crippen LogP contribution in [-0.2, 0) is 4.79 Å². The summed E-state index contributed by atoms with van der Waals surface area (Å²) in [6.07, 6.45) is 2.32. The van der Waals surface area contributed by atoms with Crippen molar-refractivity contribution in [1.82, 2.24) is 14.9 Å². The number of carbonyl (C=O) groups is 1. The molecule has 1 aliphatic heterocycles. The molecule has 0 aliphatic carbocycles. The average Bonchev–Trinajstić information content (AvgIpc) is 2.35. The highest BCUT2D eigenvalue weighted by atomic mass is 32.2. The molecule has 1 atom stereocenters. The van der Waals surface area contributed by atoms with Crippen molar-refractivity contribution >= 4 is 23.5 Å². The summed E-state index contributed by atoms with van der Waals surface area (Å²) in [5, 5.41) is 0.580. The summed E-state index contributed by atoms with van der Waals surface area (Å²) in [6, 6.07) is 1.72. The molecule has 5 nitrogen and oxygen atoms in total. The minimum absolute atomic E-state index is 0.167. The standard InChI is InChI=1S/C13H20N4OS/c1-9-4-3-5-17(7-9)12(18)8-19-13-15-10(2)6-11(14)16-13/h6,9H,3-5,7-8H2,1-2H3,(H2,14,15,16). The highest BCUT2D eigenvalue weighted by Gasteiger charge is 2.21. The van der Waals surface area contributed by atoms with Crippen LogP contribution in [0.3, 0.4) is 0 Å². The maximum atomic E-state index is 12.1. The lowest BCUT2D eigenvalue weighted by molar-refractivity contribution is -0.130. The quantitative estimate of drug-likeness (QED) is 0.674. The Morgan fingerprint density at radius 2 is 2.37 bits per heavy atom. The number of aryl methyl sites for hydroxylation is 1. The fourth-order valence-electron chi connectivity index (χ4n) is 2.26. The zero-order valence-corrected chi connectivity index (χ0v) is 12.2. The van der Waals surface area contributed by atoms with Gasteiger partial charge in [-0.1, -0.05) is 18.7 Å². The van der Waals surface area contributed by atoms with E-state index in [1.807, 2.05) is 11.8 Å². The van der Waals surface area contributed by atoms with E-state index in [9.17, 15) is 4.79 Å². The van der Waals surface area contributed by atoms with Crippen molar-refractivity contribution in [1.29, 1.82) is 0 Å². The molecule has 2 heterocycles. The minimum Gasteiger partial charge on any atom is -0.384 e. The second-order valence-electron chi connectivity index (χ2n) is 5.09. The zero-order chi connectivity index (χ0) is 13.8. The lowest BCUT2D eigenvalue weighted by atomic mass is 10.0. The Kier molecular flexibility index (Phi) is 4.63. The van der Waals surface area contributed by atoms with Crippen molar-refractivity contribution in [2.24, 2.45) is 5.92 Å². The van der Waals surface area contributed by atoms with Crippen molar-refractivity contribution in [2.75, 3.05) is 24.6 Å². The summed E-state index contributed by atoms with van der Waals surface area (Å²) in [5.74, 6) is 1.61. The van der Waals surface area contributed by atoms with E-state index < -0.39 is 0 Å². The summed E-state index contributed by atoms with van der Waals surface area (Å²) < 4.78 is 0. The van der Waals surface area contributed by atoms with Crippen molar-refractivity contribution in [3.63, 3.8) is 0 Å². The molecule has 1 amide bonds. The maximum absolute atomic E-state index is 12.1. The lowest BCUT2D eigenvalue weighted by Crippen LogP contribution is -2.40. The third-order valence-electron chi connectivity index (χ3n) is 3.19. The average molecular weight is 280 g/mol. The van der Waals surface area contributed by atoms with Gasteiger partial charge in [-0.3, -0.25) is 4.79 Å². The van der Waals surface area contributed by atoms with Crippen LogP contribution in [-0.4, -0.2) is 39.6 Å². The van der Waals surface area contributed by atoms with Gasteiger partial charge in [-0.2, -0.15) is 0 Å². The van der Waals surface area contributed by atoms with Crippen LogP contribution < -0.4 is 5.73 Å². The number of carbonyl (C=O) groups excluding carboxylic acids is 1. The van der Waals surface area contributed by atoms with E-state index in [2.05, 4.69) is 16.9 Å². The molecule has 0 aromatic carbocycles. The van der Waals surface area contributed by atoms with E-state index in [1.54, 1.807) is 6.07 Å². The molecule has 1 saturated heterocycles. The van der Waals surface area contributed by atoms with Gasteiger partial charge in [-0.25, -0.2) is 9.97 Å². The highest BCUT2D eigenvalue weighted by Crippen LogP contribution is 2.19. The van der Waals surface area contributed by atoms with Crippen LogP contribution in [0.2, 0.25) is 0 Å². The number of amides is 1. The summed E-state index contributed by atoms with van der Waals surface area (Å²) >= 11 is 1.36. The van der Waals surface area contributed by atoms with Gasteiger partial charge in [-0.15, -0.1) is 0 Å². The Bertz CT molecular complexity index is 446. The van der Waals surface area contributed by atoms with Crippen LogP contribution in [0.4, 0.5) is 5.82 Å². The van der Waals surface area contributed by atoms with Crippen LogP contribution >= 0.6 is 11.8 Å². The van der Waals surface area contributed by atoms with Gasteiger partial charge >= 0.3 is 0 Å². The molecular formula is C13H20N4OS. The molecule has 1 unspecified atom stereocenters. The van der Waals surface area contributed by atoms with Gasteiger partial charge in [0.2, 0.25) is 5.91 Å². The van der Waals surface area contributed by atoms with E-state index in [-0.39, 0.29) is 5.91 Å². The summed E-state index contributed by atoms with van der Waals surface area (Å²) in [4.78, 5) is 22.4. The first-order valence-electron chi connectivity index (χ1n) is 6.56. The molecule has 1 aromatic rings. The van der Waals surface area contributed by atoms with E-state index in [0.29, 0.717) is 22.6 Å². The Balaban J connectivity index is 1.89. The zero-order valence-electron chi connectivity index (χ0n) is 11.4. The SMILES string of the molecule is Cc1cc(N)nc(SCC(=O)N2CCCC(C)C2)n1. The number of likely N-dealkylation sites (tertiary alicyclic amines) is 1. The topological polar surface area (TPSA) is 72.1 Å². The molecule has 1 fully saturated rings.